The van der Waals surface area contributed by atoms with E-state index < -0.39 is 4.92 Å². The normalized spacial score (nSPS) is 12.0. The second-order valence-corrected chi connectivity index (χ2v) is 4.56. The van der Waals surface area contributed by atoms with Crippen LogP contribution in [-0.2, 0) is 4.74 Å². The zero-order valence-electron chi connectivity index (χ0n) is 12.3. The molecule has 1 atom stereocenters. The number of nitrogens with one attached hydrogen (secondary N) is 2. The molecule has 0 saturated heterocycles. The van der Waals surface area contributed by atoms with Crippen molar-refractivity contribution in [3.05, 3.63) is 15.8 Å². The van der Waals surface area contributed by atoms with E-state index in [4.69, 9.17) is 4.74 Å². The van der Waals surface area contributed by atoms with Crippen molar-refractivity contribution in [1.82, 2.24) is 9.97 Å². The van der Waals surface area contributed by atoms with Crippen molar-refractivity contribution in [2.75, 3.05) is 37.4 Å². The van der Waals surface area contributed by atoms with Crippen molar-refractivity contribution in [2.24, 2.45) is 5.92 Å². The number of rotatable bonds is 8. The predicted octanol–water partition coefficient (Wildman–Crippen LogP) is 1.82. The quantitative estimate of drug-likeness (QED) is 0.554. The summed E-state index contributed by atoms with van der Waals surface area (Å²) < 4.78 is 5.04. The van der Waals surface area contributed by atoms with Crippen LogP contribution in [0.4, 0.5) is 17.5 Å². The first-order valence-corrected chi connectivity index (χ1v) is 6.49. The number of anilines is 2. The molecular formula is C12H21N5O3. The molecule has 1 aromatic heterocycles. The summed E-state index contributed by atoms with van der Waals surface area (Å²) in [7, 11) is 1.62. The summed E-state index contributed by atoms with van der Waals surface area (Å²) in [5.74, 6) is 0.844. The number of nitrogens with zero attached hydrogens (tertiary/aromatic N) is 3. The molecule has 0 aliphatic carbocycles. The van der Waals surface area contributed by atoms with E-state index in [9.17, 15) is 10.1 Å². The van der Waals surface area contributed by atoms with Crippen molar-refractivity contribution in [2.45, 2.75) is 20.8 Å². The number of methoxy groups -OCH3 is 1. The highest BCUT2D eigenvalue weighted by Crippen LogP contribution is 2.26. The van der Waals surface area contributed by atoms with Gasteiger partial charge in [-0.05, 0) is 19.8 Å². The molecule has 112 valence electrons. The first-order chi connectivity index (χ1) is 9.49. The lowest BCUT2D eigenvalue weighted by atomic mass is 10.2. The van der Waals surface area contributed by atoms with Gasteiger partial charge in [0, 0.05) is 20.2 Å². The number of ether oxygens (including phenoxy) is 1. The molecule has 0 aromatic carbocycles. The summed E-state index contributed by atoms with van der Waals surface area (Å²) >= 11 is 0. The SMILES string of the molecule is CCNc1nc(C)c([N+](=O)[O-])c(NCC(C)COC)n1. The Morgan fingerprint density at radius 3 is 2.65 bits per heavy atom. The van der Waals surface area contributed by atoms with Crippen molar-refractivity contribution < 1.29 is 9.66 Å². The molecule has 1 rings (SSSR count). The largest absolute Gasteiger partial charge is 0.384 e. The monoisotopic (exact) mass is 283 g/mol. The molecule has 0 spiro atoms. The molecule has 0 aliphatic heterocycles. The molecule has 1 aromatic rings. The van der Waals surface area contributed by atoms with Crippen LogP contribution < -0.4 is 10.6 Å². The van der Waals surface area contributed by atoms with E-state index >= 15 is 0 Å². The van der Waals surface area contributed by atoms with E-state index in [1.54, 1.807) is 14.0 Å². The Kier molecular flexibility index (Phi) is 6.10. The minimum atomic E-state index is -0.464. The smallest absolute Gasteiger partial charge is 0.332 e. The summed E-state index contributed by atoms with van der Waals surface area (Å²) in [5.41, 5.74) is 0.249. The molecule has 0 aliphatic rings. The Labute approximate surface area is 118 Å². The molecule has 8 heteroatoms. The van der Waals surface area contributed by atoms with Crippen LogP contribution in [0.25, 0.3) is 0 Å². The van der Waals surface area contributed by atoms with E-state index in [0.29, 0.717) is 31.3 Å². The molecule has 0 amide bonds. The standard InChI is InChI=1S/C12H21N5O3/c1-5-13-12-15-9(3)10(17(18)19)11(16-12)14-6-8(2)7-20-4/h8H,5-7H2,1-4H3,(H2,13,14,15,16). The van der Waals surface area contributed by atoms with E-state index in [1.807, 2.05) is 13.8 Å². The van der Waals surface area contributed by atoms with Crippen LogP contribution >= 0.6 is 0 Å². The molecule has 2 N–H and O–H groups in total. The fraction of sp³-hybridized carbons (Fsp3) is 0.667. The van der Waals surface area contributed by atoms with Crippen LogP contribution in [0.3, 0.4) is 0 Å². The summed E-state index contributed by atoms with van der Waals surface area (Å²) in [5, 5.41) is 17.1. The lowest BCUT2D eigenvalue weighted by molar-refractivity contribution is -0.385. The second-order valence-electron chi connectivity index (χ2n) is 4.56. The van der Waals surface area contributed by atoms with Crippen molar-refractivity contribution in [1.29, 1.82) is 0 Å². The van der Waals surface area contributed by atoms with Crippen LogP contribution in [0.2, 0.25) is 0 Å². The highest BCUT2D eigenvalue weighted by Gasteiger charge is 2.22. The maximum Gasteiger partial charge on any atom is 0.332 e. The van der Waals surface area contributed by atoms with Gasteiger partial charge in [0.1, 0.15) is 5.69 Å². The zero-order valence-corrected chi connectivity index (χ0v) is 12.3. The summed E-state index contributed by atoms with van der Waals surface area (Å²) in [6.45, 7) is 7.26. The van der Waals surface area contributed by atoms with Gasteiger partial charge in [-0.2, -0.15) is 4.98 Å². The summed E-state index contributed by atoms with van der Waals surface area (Å²) in [6.07, 6.45) is 0. The van der Waals surface area contributed by atoms with E-state index in [0.717, 1.165) is 0 Å². The number of aryl methyl sites for hydroxylation is 1. The Balaban J connectivity index is 2.97. The molecule has 0 radical (unpaired) electrons. The third-order valence-electron chi connectivity index (χ3n) is 2.64. The van der Waals surface area contributed by atoms with Gasteiger partial charge in [-0.25, -0.2) is 4.98 Å². The van der Waals surface area contributed by atoms with Crippen molar-refractivity contribution in [3.63, 3.8) is 0 Å². The Morgan fingerprint density at radius 2 is 2.10 bits per heavy atom. The molecular weight excluding hydrogens is 262 g/mol. The Morgan fingerprint density at radius 1 is 1.40 bits per heavy atom. The molecule has 20 heavy (non-hydrogen) atoms. The molecule has 8 nitrogen and oxygen atoms in total. The van der Waals surface area contributed by atoms with Crippen molar-refractivity contribution >= 4 is 17.5 Å². The van der Waals surface area contributed by atoms with Gasteiger partial charge in [-0.15, -0.1) is 0 Å². The summed E-state index contributed by atoms with van der Waals surface area (Å²) in [6, 6.07) is 0. The fourth-order valence-corrected chi connectivity index (χ4v) is 1.76. The maximum absolute atomic E-state index is 11.1. The first-order valence-electron chi connectivity index (χ1n) is 6.49. The van der Waals surface area contributed by atoms with Crippen LogP contribution in [-0.4, -0.2) is 41.7 Å². The highest BCUT2D eigenvalue weighted by molar-refractivity contribution is 5.60. The molecule has 1 heterocycles. The average molecular weight is 283 g/mol. The topological polar surface area (TPSA) is 102 Å². The van der Waals surface area contributed by atoms with Crippen molar-refractivity contribution in [3.8, 4) is 0 Å². The lowest BCUT2D eigenvalue weighted by Crippen LogP contribution is -2.18. The van der Waals surface area contributed by atoms with Crippen LogP contribution in [0.15, 0.2) is 0 Å². The minimum absolute atomic E-state index is 0.0868. The zero-order chi connectivity index (χ0) is 15.1. The third-order valence-corrected chi connectivity index (χ3v) is 2.64. The van der Waals surface area contributed by atoms with Gasteiger partial charge in [-0.3, -0.25) is 10.1 Å². The maximum atomic E-state index is 11.1. The van der Waals surface area contributed by atoms with Gasteiger partial charge in [0.25, 0.3) is 0 Å². The van der Waals surface area contributed by atoms with Gasteiger partial charge in [0.2, 0.25) is 11.8 Å². The average Bonchev–Trinajstić information content (AvgIpc) is 2.36. The fourth-order valence-electron chi connectivity index (χ4n) is 1.76. The first kappa shape index (κ1) is 16.1. The van der Waals surface area contributed by atoms with Crippen LogP contribution in [0, 0.1) is 23.0 Å². The number of aromatic nitrogens is 2. The van der Waals surface area contributed by atoms with Gasteiger partial charge in [0.05, 0.1) is 11.5 Å². The van der Waals surface area contributed by atoms with Gasteiger partial charge < -0.3 is 15.4 Å². The van der Waals surface area contributed by atoms with E-state index in [-0.39, 0.29) is 17.4 Å². The summed E-state index contributed by atoms with van der Waals surface area (Å²) in [4.78, 5) is 18.9. The van der Waals surface area contributed by atoms with E-state index in [1.165, 1.54) is 0 Å². The number of hydrogen-bond acceptors (Lipinski definition) is 7. The van der Waals surface area contributed by atoms with Crippen LogP contribution in [0.1, 0.15) is 19.5 Å². The second kappa shape index (κ2) is 7.59. The molecule has 0 saturated carbocycles. The van der Waals surface area contributed by atoms with E-state index in [2.05, 4.69) is 20.6 Å². The Hall–Kier alpha value is -1.96. The molecule has 1 unspecified atom stereocenters. The lowest BCUT2D eigenvalue weighted by Gasteiger charge is -2.13. The third kappa shape index (κ3) is 4.30. The molecule has 0 fully saturated rings. The van der Waals surface area contributed by atoms with Gasteiger partial charge in [0.15, 0.2) is 0 Å². The minimum Gasteiger partial charge on any atom is -0.384 e. The Bertz CT molecular complexity index is 467. The number of nitro groups is 1. The number of hydrogen-bond donors (Lipinski definition) is 2. The highest BCUT2D eigenvalue weighted by atomic mass is 16.6. The molecule has 0 bridgehead atoms. The van der Waals surface area contributed by atoms with Gasteiger partial charge >= 0.3 is 5.69 Å². The van der Waals surface area contributed by atoms with Crippen LogP contribution in [0.5, 0.6) is 0 Å². The van der Waals surface area contributed by atoms with Gasteiger partial charge in [-0.1, -0.05) is 6.92 Å². The predicted molar refractivity (Wildman–Crippen MR) is 77.1 cm³/mol.